The Hall–Kier alpha value is -5.22. The fourth-order valence-corrected chi connectivity index (χ4v) is 4.52. The minimum absolute atomic E-state index is 0.0106. The predicted octanol–water partition coefficient (Wildman–Crippen LogP) is 0.573. The van der Waals surface area contributed by atoms with Crippen molar-refractivity contribution in [1.29, 1.82) is 5.41 Å². The Labute approximate surface area is 265 Å². The van der Waals surface area contributed by atoms with Crippen LogP contribution in [0.15, 0.2) is 59.1 Å². The van der Waals surface area contributed by atoms with Crippen LogP contribution in [0.25, 0.3) is 0 Å². The fraction of sp³-hybridized carbons (Fsp3) is 0.400. The Balaban J connectivity index is 1.69. The van der Waals surface area contributed by atoms with Gasteiger partial charge < -0.3 is 52.6 Å². The molecular formula is C30H41N9O7. The number of nitrogens with zero attached hydrogens (tertiary/aromatic N) is 2. The zero-order chi connectivity index (χ0) is 33.6. The zero-order valence-electron chi connectivity index (χ0n) is 25.3. The van der Waals surface area contributed by atoms with E-state index in [1.807, 2.05) is 30.3 Å². The van der Waals surface area contributed by atoms with E-state index in [2.05, 4.69) is 31.4 Å². The summed E-state index contributed by atoms with van der Waals surface area (Å²) in [5.41, 5.74) is 13.1. The molecule has 0 fully saturated rings. The van der Waals surface area contributed by atoms with Crippen LogP contribution in [0.1, 0.15) is 61.1 Å². The molecule has 5 atom stereocenters. The lowest BCUT2D eigenvalue weighted by Crippen LogP contribution is -2.54. The number of aromatic hydroxyl groups is 1. The highest BCUT2D eigenvalue weighted by atomic mass is 16.5. The van der Waals surface area contributed by atoms with Crippen molar-refractivity contribution in [2.45, 2.75) is 69.3 Å². The van der Waals surface area contributed by atoms with Crippen LogP contribution in [0.4, 0.5) is 4.79 Å². The molecule has 16 heteroatoms. The van der Waals surface area contributed by atoms with Crippen LogP contribution >= 0.6 is 0 Å². The number of carboxylic acids is 1. The molecule has 0 saturated heterocycles. The molecule has 3 aromatic rings. The number of carbonyl (C=O) groups is 3. The van der Waals surface area contributed by atoms with Gasteiger partial charge in [-0.2, -0.15) is 4.98 Å². The second-order valence-corrected chi connectivity index (χ2v) is 10.8. The molecule has 46 heavy (non-hydrogen) atoms. The lowest BCUT2D eigenvalue weighted by molar-refractivity contribution is -0.142. The first-order valence-corrected chi connectivity index (χ1v) is 14.7. The Morgan fingerprint density at radius 2 is 1.63 bits per heavy atom. The largest absolute Gasteiger partial charge is 0.508 e. The number of hydrogen-bond donors (Lipinski definition) is 10. The van der Waals surface area contributed by atoms with Gasteiger partial charge in [0.05, 0.1) is 12.1 Å². The molecule has 1 aromatic heterocycles. The van der Waals surface area contributed by atoms with Crippen molar-refractivity contribution in [2.75, 3.05) is 6.54 Å². The summed E-state index contributed by atoms with van der Waals surface area (Å²) in [5.74, 6) is -2.16. The molecule has 0 aliphatic carbocycles. The first-order chi connectivity index (χ1) is 21.9. The number of aliphatic carboxylic acids is 1. The third-order valence-electron chi connectivity index (χ3n) is 6.97. The van der Waals surface area contributed by atoms with Crippen LogP contribution in [0, 0.1) is 5.41 Å². The Morgan fingerprint density at radius 3 is 2.26 bits per heavy atom. The Kier molecular flexibility index (Phi) is 13.3. The first kappa shape index (κ1) is 35.3. The number of carbonyl (C=O) groups excluding carboxylic acids is 2. The number of phenols is 1. The van der Waals surface area contributed by atoms with E-state index in [4.69, 9.17) is 21.4 Å². The van der Waals surface area contributed by atoms with Crippen molar-refractivity contribution < 1.29 is 34.2 Å². The molecule has 0 saturated carbocycles. The van der Waals surface area contributed by atoms with Gasteiger partial charge in [0, 0.05) is 13.0 Å². The van der Waals surface area contributed by atoms with Crippen LogP contribution in [0.5, 0.6) is 5.75 Å². The van der Waals surface area contributed by atoms with Crippen molar-refractivity contribution in [3.05, 3.63) is 77.4 Å². The van der Waals surface area contributed by atoms with E-state index in [-0.39, 0.29) is 36.3 Å². The summed E-state index contributed by atoms with van der Waals surface area (Å²) in [4.78, 5) is 42.7. The maximum atomic E-state index is 13.3. The number of phenolic OH excluding ortho intramolecular Hbond substituents is 1. The van der Waals surface area contributed by atoms with Gasteiger partial charge in [0.25, 0.3) is 5.89 Å². The molecule has 248 valence electrons. The summed E-state index contributed by atoms with van der Waals surface area (Å²) in [7, 11) is 0. The average molecular weight is 640 g/mol. The second kappa shape index (κ2) is 17.3. The molecule has 16 nitrogen and oxygen atoms in total. The molecule has 3 rings (SSSR count). The van der Waals surface area contributed by atoms with Crippen molar-refractivity contribution >= 4 is 23.9 Å². The maximum Gasteiger partial charge on any atom is 0.326 e. The number of unbranched alkanes of at least 4 members (excludes halogenated alkanes) is 1. The van der Waals surface area contributed by atoms with Gasteiger partial charge in [0.15, 0.2) is 11.8 Å². The van der Waals surface area contributed by atoms with E-state index in [1.54, 1.807) is 0 Å². The number of nitrogens with two attached hydrogens (primary N) is 2. The van der Waals surface area contributed by atoms with Gasteiger partial charge in [-0.3, -0.25) is 10.2 Å². The molecule has 0 bridgehead atoms. The first-order valence-electron chi connectivity index (χ1n) is 14.7. The lowest BCUT2D eigenvalue weighted by atomic mass is 10.0. The third-order valence-corrected chi connectivity index (χ3v) is 6.97. The monoisotopic (exact) mass is 639 g/mol. The highest BCUT2D eigenvalue weighted by Gasteiger charge is 2.30. The molecule has 0 aliphatic rings. The van der Waals surface area contributed by atoms with E-state index in [1.165, 1.54) is 31.2 Å². The summed E-state index contributed by atoms with van der Waals surface area (Å²) in [6, 6.07) is 10.2. The molecular weight excluding hydrogens is 598 g/mol. The molecule has 1 heterocycles. The number of benzene rings is 2. The van der Waals surface area contributed by atoms with Crippen LogP contribution in [0.2, 0.25) is 0 Å². The maximum absolute atomic E-state index is 13.3. The van der Waals surface area contributed by atoms with Gasteiger partial charge in [-0.1, -0.05) is 47.6 Å². The highest BCUT2D eigenvalue weighted by Crippen LogP contribution is 2.19. The summed E-state index contributed by atoms with van der Waals surface area (Å²) in [6.45, 7) is 1.76. The number of hydrogen-bond acceptors (Lipinski definition) is 10. The smallest absolute Gasteiger partial charge is 0.326 e. The number of guanidine groups is 1. The number of aliphatic hydroxyl groups excluding tert-OH is 1. The van der Waals surface area contributed by atoms with Crippen molar-refractivity contribution in [2.24, 2.45) is 11.5 Å². The minimum atomic E-state index is -1.33. The summed E-state index contributed by atoms with van der Waals surface area (Å²) >= 11 is 0. The molecule has 0 radical (unpaired) electrons. The minimum Gasteiger partial charge on any atom is -0.508 e. The Morgan fingerprint density at radius 1 is 0.957 bits per heavy atom. The average Bonchev–Trinajstić information content (AvgIpc) is 3.50. The zero-order valence-corrected chi connectivity index (χ0v) is 25.3. The molecule has 12 N–H and O–H groups in total. The topological polar surface area (TPSA) is 275 Å². The van der Waals surface area contributed by atoms with Crippen molar-refractivity contribution in [3.8, 4) is 5.75 Å². The number of carboxylic acid groups (broad SMARTS) is 1. The van der Waals surface area contributed by atoms with Gasteiger partial charge in [0.1, 0.15) is 23.9 Å². The summed E-state index contributed by atoms with van der Waals surface area (Å²) in [6.07, 6.45) is 0.182. The van der Waals surface area contributed by atoms with E-state index in [0.29, 0.717) is 31.4 Å². The number of aromatic nitrogens is 2. The van der Waals surface area contributed by atoms with Crippen LogP contribution in [-0.2, 0) is 22.4 Å². The summed E-state index contributed by atoms with van der Waals surface area (Å²) in [5, 5.41) is 51.1. The standard InChI is InChI=1S/C30H41N9O7/c1-17(40)24(27-38-25(39-46-27)21(31)15-18-7-3-2-4-8-18)37-30(45)36-22(9-5-6-14-34-29(32)33)26(42)35-23(28(43)44)16-19-10-12-20(41)13-11-19/h2-4,7-8,10-13,17,21-24,40-41H,5-6,9,14-16,31H2,1H3,(H,35,42)(H,43,44)(H4,32,33,34)(H2,36,37,45)/t17-,21+,22+,23?,24+/m1/s1. The van der Waals surface area contributed by atoms with Gasteiger partial charge >= 0.3 is 12.0 Å². The number of rotatable bonds is 17. The number of urea groups is 1. The van der Waals surface area contributed by atoms with Gasteiger partial charge in [0.2, 0.25) is 5.91 Å². The number of amides is 3. The van der Waals surface area contributed by atoms with Gasteiger partial charge in [-0.25, -0.2) is 9.59 Å². The molecule has 2 aromatic carbocycles. The lowest BCUT2D eigenvalue weighted by Gasteiger charge is -2.24. The van der Waals surface area contributed by atoms with Gasteiger partial charge in [-0.15, -0.1) is 0 Å². The number of nitrogens with one attached hydrogen (secondary N) is 5. The third kappa shape index (κ3) is 11.4. The van der Waals surface area contributed by atoms with Gasteiger partial charge in [-0.05, 0) is 55.9 Å². The van der Waals surface area contributed by atoms with Crippen LogP contribution in [-0.4, -0.2) is 74.1 Å². The SMILES string of the molecule is C[C@@H](O)[C@H](NC(=O)N[C@@H](CCCCNC(=N)N)C(=O)NC(Cc1ccc(O)cc1)C(=O)O)c1nc([C@@H](N)Cc2ccccc2)no1. The second-order valence-electron chi connectivity index (χ2n) is 10.8. The van der Waals surface area contributed by atoms with E-state index in [9.17, 15) is 29.7 Å². The van der Waals surface area contributed by atoms with Crippen molar-refractivity contribution in [1.82, 2.24) is 31.4 Å². The molecule has 3 amide bonds. The molecule has 1 unspecified atom stereocenters. The predicted molar refractivity (Wildman–Crippen MR) is 166 cm³/mol. The van der Waals surface area contributed by atoms with E-state index < -0.39 is 48.2 Å². The quantitative estimate of drug-likeness (QED) is 0.0551. The fourth-order valence-electron chi connectivity index (χ4n) is 4.52. The van der Waals surface area contributed by atoms with Crippen molar-refractivity contribution in [3.63, 3.8) is 0 Å². The Bertz CT molecular complexity index is 1430. The number of aliphatic hydroxyl groups is 1. The van der Waals surface area contributed by atoms with Crippen LogP contribution < -0.4 is 32.7 Å². The normalized spacial score (nSPS) is 14.2. The molecule has 0 aliphatic heterocycles. The summed E-state index contributed by atoms with van der Waals surface area (Å²) < 4.78 is 5.32. The molecule has 0 spiro atoms. The van der Waals surface area contributed by atoms with E-state index >= 15 is 0 Å². The highest BCUT2D eigenvalue weighted by molar-refractivity contribution is 5.90. The van der Waals surface area contributed by atoms with Crippen LogP contribution in [0.3, 0.4) is 0 Å². The van der Waals surface area contributed by atoms with E-state index in [0.717, 1.165) is 5.56 Å².